The van der Waals surface area contributed by atoms with Gasteiger partial charge in [-0.05, 0) is 37.1 Å². The molecule has 3 rings (SSSR count). The van der Waals surface area contributed by atoms with Crippen LogP contribution in [0.5, 0.6) is 0 Å². The van der Waals surface area contributed by atoms with Crippen molar-refractivity contribution >= 4 is 0 Å². The van der Waals surface area contributed by atoms with Crippen LogP contribution in [0.2, 0.25) is 0 Å². The lowest BCUT2D eigenvalue weighted by atomic mass is 9.98. The van der Waals surface area contributed by atoms with E-state index in [2.05, 4.69) is 4.90 Å². The first-order chi connectivity index (χ1) is 9.28. The fourth-order valence-electron chi connectivity index (χ4n) is 3.01. The highest BCUT2D eigenvalue weighted by atomic mass is 19.1. The summed E-state index contributed by atoms with van der Waals surface area (Å²) in [6, 6.07) is 7.16. The molecule has 0 saturated carbocycles. The number of nitrogens with zero attached hydrogens (tertiary/aromatic N) is 2. The molecule has 4 heteroatoms. The molecule has 3 nitrogen and oxygen atoms in total. The Morgan fingerprint density at radius 2 is 2.26 bits per heavy atom. The van der Waals surface area contributed by atoms with Crippen LogP contribution in [-0.2, 0) is 4.74 Å². The van der Waals surface area contributed by atoms with Crippen molar-refractivity contribution in [2.45, 2.75) is 31.4 Å². The van der Waals surface area contributed by atoms with E-state index in [9.17, 15) is 4.39 Å². The molecule has 2 atom stereocenters. The van der Waals surface area contributed by atoms with Gasteiger partial charge in [0.25, 0.3) is 0 Å². The Labute approximate surface area is 112 Å². The Morgan fingerprint density at radius 1 is 1.37 bits per heavy atom. The van der Waals surface area contributed by atoms with Gasteiger partial charge in [0.05, 0.1) is 18.3 Å². The summed E-state index contributed by atoms with van der Waals surface area (Å²) in [5, 5.41) is 8.74. The van der Waals surface area contributed by atoms with E-state index in [1.165, 1.54) is 31.4 Å². The van der Waals surface area contributed by atoms with Crippen LogP contribution in [0.1, 0.15) is 36.5 Å². The van der Waals surface area contributed by atoms with Gasteiger partial charge in [-0.15, -0.1) is 0 Å². The highest BCUT2D eigenvalue weighted by Gasteiger charge is 2.31. The number of nitriles is 1. The summed E-state index contributed by atoms with van der Waals surface area (Å²) in [5.74, 6) is -0.454. The summed E-state index contributed by atoms with van der Waals surface area (Å²) in [6.45, 7) is 2.67. The molecular weight excluding hydrogens is 243 g/mol. The van der Waals surface area contributed by atoms with Crippen LogP contribution in [0, 0.1) is 17.1 Å². The van der Waals surface area contributed by atoms with Crippen molar-refractivity contribution in [2.75, 3.05) is 19.7 Å². The van der Waals surface area contributed by atoms with Gasteiger partial charge in [-0.2, -0.15) is 5.26 Å². The van der Waals surface area contributed by atoms with Crippen LogP contribution in [0.25, 0.3) is 0 Å². The Bertz CT molecular complexity index is 511. The van der Waals surface area contributed by atoms with Gasteiger partial charge in [0.15, 0.2) is 0 Å². The van der Waals surface area contributed by atoms with E-state index in [0.717, 1.165) is 25.3 Å². The van der Waals surface area contributed by atoms with Gasteiger partial charge in [-0.25, -0.2) is 4.39 Å². The zero-order chi connectivity index (χ0) is 13.2. The second kappa shape index (κ2) is 5.28. The van der Waals surface area contributed by atoms with Crippen molar-refractivity contribution in [3.63, 3.8) is 0 Å². The fourth-order valence-corrected chi connectivity index (χ4v) is 3.01. The molecule has 0 radical (unpaired) electrons. The monoisotopic (exact) mass is 260 g/mol. The highest BCUT2D eigenvalue weighted by molar-refractivity contribution is 5.34. The SMILES string of the molecule is N#Cc1ccc([C@H]2CN3CCCC[C@@H]3CO2)cc1F. The lowest BCUT2D eigenvalue weighted by Crippen LogP contribution is -2.48. The maximum atomic E-state index is 13.6. The summed E-state index contributed by atoms with van der Waals surface area (Å²) in [6.07, 6.45) is 3.65. The lowest BCUT2D eigenvalue weighted by molar-refractivity contribution is -0.0767. The third kappa shape index (κ3) is 2.49. The molecule has 0 N–H and O–H groups in total. The second-order valence-electron chi connectivity index (χ2n) is 5.32. The summed E-state index contributed by atoms with van der Waals surface area (Å²) >= 11 is 0. The molecule has 2 saturated heterocycles. The van der Waals surface area contributed by atoms with Crippen LogP contribution in [0.4, 0.5) is 4.39 Å². The number of benzene rings is 1. The topological polar surface area (TPSA) is 36.3 Å². The predicted molar refractivity (Wildman–Crippen MR) is 69.0 cm³/mol. The van der Waals surface area contributed by atoms with Gasteiger partial charge < -0.3 is 4.74 Å². The third-order valence-electron chi connectivity index (χ3n) is 4.12. The zero-order valence-electron chi connectivity index (χ0n) is 10.8. The van der Waals surface area contributed by atoms with Crippen molar-refractivity contribution in [1.82, 2.24) is 4.90 Å². The minimum atomic E-state index is -0.454. The number of halogens is 1. The molecular formula is C15H17FN2O. The van der Waals surface area contributed by atoms with Crippen LogP contribution in [-0.4, -0.2) is 30.6 Å². The van der Waals surface area contributed by atoms with Gasteiger partial charge >= 0.3 is 0 Å². The molecule has 0 amide bonds. The summed E-state index contributed by atoms with van der Waals surface area (Å²) in [4.78, 5) is 2.45. The van der Waals surface area contributed by atoms with E-state index in [1.54, 1.807) is 6.07 Å². The first-order valence-corrected chi connectivity index (χ1v) is 6.83. The normalized spacial score (nSPS) is 27.6. The fraction of sp³-hybridized carbons (Fsp3) is 0.533. The van der Waals surface area contributed by atoms with Crippen molar-refractivity contribution in [3.05, 3.63) is 35.1 Å². The van der Waals surface area contributed by atoms with Gasteiger partial charge in [0, 0.05) is 12.6 Å². The van der Waals surface area contributed by atoms with Crippen LogP contribution < -0.4 is 0 Å². The van der Waals surface area contributed by atoms with E-state index in [1.807, 2.05) is 6.07 Å². The number of fused-ring (bicyclic) bond motifs is 1. The van der Waals surface area contributed by atoms with E-state index in [0.29, 0.717) is 6.04 Å². The van der Waals surface area contributed by atoms with Gasteiger partial charge in [0.1, 0.15) is 11.9 Å². The summed E-state index contributed by atoms with van der Waals surface area (Å²) in [5.41, 5.74) is 0.927. The molecule has 1 aromatic carbocycles. The summed E-state index contributed by atoms with van der Waals surface area (Å²) in [7, 11) is 0. The third-order valence-corrected chi connectivity index (χ3v) is 4.12. The van der Waals surface area contributed by atoms with Crippen molar-refractivity contribution in [1.29, 1.82) is 5.26 Å². The van der Waals surface area contributed by atoms with Crippen LogP contribution >= 0.6 is 0 Å². The molecule has 100 valence electrons. The number of morpholine rings is 1. The molecule has 2 aliphatic rings. The second-order valence-corrected chi connectivity index (χ2v) is 5.32. The number of piperidine rings is 1. The van der Waals surface area contributed by atoms with Gasteiger partial charge in [-0.1, -0.05) is 12.5 Å². The molecule has 19 heavy (non-hydrogen) atoms. The van der Waals surface area contributed by atoms with E-state index in [4.69, 9.17) is 10.00 Å². The summed E-state index contributed by atoms with van der Waals surface area (Å²) < 4.78 is 19.5. The Balaban J connectivity index is 1.76. The van der Waals surface area contributed by atoms with Gasteiger partial charge in [-0.3, -0.25) is 4.90 Å². The van der Waals surface area contributed by atoms with Gasteiger partial charge in [0.2, 0.25) is 0 Å². The Hall–Kier alpha value is -1.44. The molecule has 0 unspecified atom stereocenters. The van der Waals surface area contributed by atoms with E-state index >= 15 is 0 Å². The first-order valence-electron chi connectivity index (χ1n) is 6.83. The lowest BCUT2D eigenvalue weighted by Gasteiger charge is -2.42. The minimum Gasteiger partial charge on any atom is -0.371 e. The number of hydrogen-bond donors (Lipinski definition) is 0. The zero-order valence-corrected chi connectivity index (χ0v) is 10.8. The largest absolute Gasteiger partial charge is 0.371 e. The molecule has 1 aromatic rings. The van der Waals surface area contributed by atoms with Crippen LogP contribution in [0.3, 0.4) is 0 Å². The molecule has 0 aromatic heterocycles. The van der Waals surface area contributed by atoms with Crippen molar-refractivity contribution < 1.29 is 9.13 Å². The number of ether oxygens (including phenoxy) is 1. The first kappa shape index (κ1) is 12.6. The van der Waals surface area contributed by atoms with Crippen molar-refractivity contribution in [2.24, 2.45) is 0 Å². The quantitative estimate of drug-likeness (QED) is 0.778. The van der Waals surface area contributed by atoms with Crippen LogP contribution in [0.15, 0.2) is 18.2 Å². The number of rotatable bonds is 1. The maximum absolute atomic E-state index is 13.6. The van der Waals surface area contributed by atoms with E-state index < -0.39 is 5.82 Å². The van der Waals surface area contributed by atoms with Crippen molar-refractivity contribution in [3.8, 4) is 6.07 Å². The average molecular weight is 260 g/mol. The number of hydrogen-bond acceptors (Lipinski definition) is 3. The molecule has 0 bridgehead atoms. The van der Waals surface area contributed by atoms with E-state index in [-0.39, 0.29) is 11.7 Å². The molecule has 2 heterocycles. The molecule has 2 fully saturated rings. The highest BCUT2D eigenvalue weighted by Crippen LogP contribution is 2.30. The average Bonchev–Trinajstić information content (AvgIpc) is 2.46. The standard InChI is InChI=1S/C15H17FN2O/c16-14-7-11(4-5-12(14)8-17)15-9-18-6-2-1-3-13(18)10-19-15/h4-5,7,13,15H,1-3,6,9-10H2/t13-,15-/m1/s1. The minimum absolute atomic E-state index is 0.0726. The smallest absolute Gasteiger partial charge is 0.141 e. The molecule has 0 spiro atoms. The Morgan fingerprint density at radius 3 is 3.05 bits per heavy atom. The maximum Gasteiger partial charge on any atom is 0.141 e. The molecule has 2 aliphatic heterocycles. The Kier molecular flexibility index (Phi) is 3.50. The predicted octanol–water partition coefficient (Wildman–Crippen LogP) is 2.62. The molecule has 0 aliphatic carbocycles.